The summed E-state index contributed by atoms with van der Waals surface area (Å²) in [5, 5.41) is 4.34. The van der Waals surface area contributed by atoms with Gasteiger partial charge in [-0.05, 0) is 23.8 Å². The molecule has 0 amide bonds. The maximum absolute atomic E-state index is 13.1. The van der Waals surface area contributed by atoms with E-state index in [1.807, 2.05) is 12.1 Å². The molecule has 0 unspecified atom stereocenters. The minimum absolute atomic E-state index is 0.242. The first-order chi connectivity index (χ1) is 8.72. The van der Waals surface area contributed by atoms with E-state index in [2.05, 4.69) is 10.1 Å². The summed E-state index contributed by atoms with van der Waals surface area (Å²) in [4.78, 5) is 4.17. The van der Waals surface area contributed by atoms with Crippen LogP contribution in [-0.4, -0.2) is 14.6 Å². The lowest BCUT2D eigenvalue weighted by molar-refractivity contribution is 0.626. The standard InChI is InChI=1S/C13H11FN4/c14-10-3-1-2-9(6-10)7-11-8-13-16-5-4-12(15)18(13)17-11/h1-6,8H,7,15H2. The van der Waals surface area contributed by atoms with Crippen LogP contribution in [-0.2, 0) is 6.42 Å². The third-order valence-corrected chi connectivity index (χ3v) is 2.71. The van der Waals surface area contributed by atoms with E-state index < -0.39 is 0 Å². The molecule has 0 saturated carbocycles. The van der Waals surface area contributed by atoms with Crippen molar-refractivity contribution in [3.63, 3.8) is 0 Å². The van der Waals surface area contributed by atoms with Gasteiger partial charge in [-0.2, -0.15) is 9.61 Å². The second kappa shape index (κ2) is 4.10. The number of anilines is 1. The third-order valence-electron chi connectivity index (χ3n) is 2.71. The molecule has 18 heavy (non-hydrogen) atoms. The van der Waals surface area contributed by atoms with Crippen molar-refractivity contribution in [1.82, 2.24) is 14.6 Å². The van der Waals surface area contributed by atoms with Gasteiger partial charge in [-0.25, -0.2) is 9.37 Å². The fourth-order valence-electron chi connectivity index (χ4n) is 1.90. The van der Waals surface area contributed by atoms with Crippen molar-refractivity contribution < 1.29 is 4.39 Å². The van der Waals surface area contributed by atoms with Gasteiger partial charge >= 0.3 is 0 Å². The highest BCUT2D eigenvalue weighted by atomic mass is 19.1. The molecule has 0 bridgehead atoms. The fourth-order valence-corrected chi connectivity index (χ4v) is 1.90. The Hall–Kier alpha value is -2.43. The lowest BCUT2D eigenvalue weighted by Crippen LogP contribution is -1.99. The smallest absolute Gasteiger partial charge is 0.157 e. The molecule has 90 valence electrons. The van der Waals surface area contributed by atoms with E-state index in [4.69, 9.17) is 5.73 Å². The third kappa shape index (κ3) is 1.90. The highest BCUT2D eigenvalue weighted by Crippen LogP contribution is 2.13. The van der Waals surface area contributed by atoms with E-state index >= 15 is 0 Å². The fraction of sp³-hybridized carbons (Fsp3) is 0.0769. The molecule has 2 aromatic heterocycles. The van der Waals surface area contributed by atoms with E-state index in [1.165, 1.54) is 12.1 Å². The van der Waals surface area contributed by atoms with Gasteiger partial charge in [-0.15, -0.1) is 0 Å². The minimum atomic E-state index is -0.242. The number of halogens is 1. The summed E-state index contributed by atoms with van der Waals surface area (Å²) in [6, 6.07) is 10.0. The lowest BCUT2D eigenvalue weighted by Gasteiger charge is -1.98. The van der Waals surface area contributed by atoms with Crippen LogP contribution in [0.25, 0.3) is 5.65 Å². The largest absolute Gasteiger partial charge is 0.384 e. The van der Waals surface area contributed by atoms with Crippen molar-refractivity contribution in [2.45, 2.75) is 6.42 Å². The molecule has 2 N–H and O–H groups in total. The molecule has 4 nitrogen and oxygen atoms in total. The van der Waals surface area contributed by atoms with Gasteiger partial charge in [-0.3, -0.25) is 0 Å². The second-order valence-corrected chi connectivity index (χ2v) is 4.08. The zero-order chi connectivity index (χ0) is 12.5. The van der Waals surface area contributed by atoms with Crippen molar-refractivity contribution >= 4 is 11.5 Å². The van der Waals surface area contributed by atoms with Crippen LogP contribution in [0.15, 0.2) is 42.6 Å². The molecule has 1 aromatic carbocycles. The highest BCUT2D eigenvalue weighted by molar-refractivity contribution is 5.46. The van der Waals surface area contributed by atoms with E-state index in [0.717, 1.165) is 11.3 Å². The number of nitrogens with zero attached hydrogens (tertiary/aromatic N) is 3. The maximum Gasteiger partial charge on any atom is 0.157 e. The number of hydrogen-bond donors (Lipinski definition) is 1. The Bertz CT molecular complexity index is 705. The molecule has 0 spiro atoms. The van der Waals surface area contributed by atoms with Crippen LogP contribution in [0.3, 0.4) is 0 Å². The van der Waals surface area contributed by atoms with E-state index in [9.17, 15) is 4.39 Å². The number of aromatic nitrogens is 3. The van der Waals surface area contributed by atoms with Crippen LogP contribution < -0.4 is 5.73 Å². The monoisotopic (exact) mass is 242 g/mol. The van der Waals surface area contributed by atoms with Crippen LogP contribution in [0, 0.1) is 5.82 Å². The number of hydrogen-bond acceptors (Lipinski definition) is 3. The van der Waals surface area contributed by atoms with Gasteiger partial charge in [0.25, 0.3) is 0 Å². The van der Waals surface area contributed by atoms with Crippen molar-refractivity contribution in [3.05, 3.63) is 59.7 Å². The van der Waals surface area contributed by atoms with E-state index in [1.54, 1.807) is 22.8 Å². The van der Waals surface area contributed by atoms with E-state index in [0.29, 0.717) is 17.9 Å². The van der Waals surface area contributed by atoms with Crippen molar-refractivity contribution in [2.24, 2.45) is 0 Å². The van der Waals surface area contributed by atoms with Gasteiger partial charge in [0, 0.05) is 18.7 Å². The van der Waals surface area contributed by atoms with Crippen molar-refractivity contribution in [2.75, 3.05) is 5.73 Å². The first-order valence-electron chi connectivity index (χ1n) is 5.56. The zero-order valence-corrected chi connectivity index (χ0v) is 9.55. The van der Waals surface area contributed by atoms with Gasteiger partial charge in [0.1, 0.15) is 11.6 Å². The van der Waals surface area contributed by atoms with Crippen molar-refractivity contribution in [3.8, 4) is 0 Å². The van der Waals surface area contributed by atoms with Gasteiger partial charge in [-0.1, -0.05) is 12.1 Å². The Morgan fingerprint density at radius 3 is 2.89 bits per heavy atom. The number of nitrogen functional groups attached to an aromatic ring is 1. The van der Waals surface area contributed by atoms with Gasteiger partial charge in [0.2, 0.25) is 0 Å². The summed E-state index contributed by atoms with van der Waals surface area (Å²) in [5.74, 6) is 0.291. The Morgan fingerprint density at radius 2 is 2.11 bits per heavy atom. The molecule has 0 fully saturated rings. The molecular weight excluding hydrogens is 231 g/mol. The Balaban J connectivity index is 1.98. The summed E-state index contributed by atoms with van der Waals surface area (Å²) in [5.41, 5.74) is 8.17. The molecule has 0 atom stereocenters. The highest BCUT2D eigenvalue weighted by Gasteiger charge is 2.06. The Kier molecular flexibility index (Phi) is 2.44. The average molecular weight is 242 g/mol. The molecule has 2 heterocycles. The summed E-state index contributed by atoms with van der Waals surface area (Å²) in [7, 11) is 0. The minimum Gasteiger partial charge on any atom is -0.384 e. The molecule has 0 saturated heterocycles. The first kappa shape index (κ1) is 10.7. The topological polar surface area (TPSA) is 56.2 Å². The summed E-state index contributed by atoms with van der Waals surface area (Å²) in [6.07, 6.45) is 2.19. The second-order valence-electron chi connectivity index (χ2n) is 4.08. The predicted molar refractivity (Wildman–Crippen MR) is 66.6 cm³/mol. The van der Waals surface area contributed by atoms with Crippen LogP contribution >= 0.6 is 0 Å². The van der Waals surface area contributed by atoms with Gasteiger partial charge in [0.15, 0.2) is 5.65 Å². The number of fused-ring (bicyclic) bond motifs is 1. The number of rotatable bonds is 2. The van der Waals surface area contributed by atoms with E-state index in [-0.39, 0.29) is 5.82 Å². The maximum atomic E-state index is 13.1. The molecule has 3 aromatic rings. The summed E-state index contributed by atoms with van der Waals surface area (Å²) >= 11 is 0. The lowest BCUT2D eigenvalue weighted by atomic mass is 10.1. The molecular formula is C13H11FN4. The van der Waals surface area contributed by atoms with Crippen LogP contribution in [0.2, 0.25) is 0 Å². The predicted octanol–water partition coefficient (Wildman–Crippen LogP) is 2.04. The summed E-state index contributed by atoms with van der Waals surface area (Å²) < 4.78 is 14.7. The van der Waals surface area contributed by atoms with Crippen LogP contribution in [0.4, 0.5) is 10.2 Å². The van der Waals surface area contributed by atoms with Gasteiger partial charge < -0.3 is 5.73 Å². The Labute approximate surface area is 103 Å². The molecule has 5 heteroatoms. The SMILES string of the molecule is Nc1ccnc2cc(Cc3cccc(F)c3)nn12. The van der Waals surface area contributed by atoms with Gasteiger partial charge in [0.05, 0.1) is 5.69 Å². The number of benzene rings is 1. The molecule has 3 rings (SSSR count). The molecule has 0 aliphatic rings. The Morgan fingerprint density at radius 1 is 1.22 bits per heavy atom. The van der Waals surface area contributed by atoms with Crippen molar-refractivity contribution in [1.29, 1.82) is 0 Å². The first-order valence-corrected chi connectivity index (χ1v) is 5.56. The van der Waals surface area contributed by atoms with Crippen LogP contribution in [0.5, 0.6) is 0 Å². The molecule has 0 aliphatic heterocycles. The molecule has 0 radical (unpaired) electrons. The van der Waals surface area contributed by atoms with Crippen LogP contribution in [0.1, 0.15) is 11.3 Å². The number of nitrogens with two attached hydrogens (primary N) is 1. The quantitative estimate of drug-likeness (QED) is 0.748. The summed E-state index contributed by atoms with van der Waals surface area (Å²) in [6.45, 7) is 0. The average Bonchev–Trinajstić information content (AvgIpc) is 2.73. The zero-order valence-electron chi connectivity index (χ0n) is 9.55. The normalized spacial score (nSPS) is 10.9. The molecule has 0 aliphatic carbocycles.